The molecular formula is C24H30N4O5. The van der Waals surface area contributed by atoms with Crippen molar-refractivity contribution in [1.29, 1.82) is 5.26 Å². The number of non-ortho nitro benzene ring substituents is 1. The van der Waals surface area contributed by atoms with E-state index in [0.29, 0.717) is 12.0 Å². The van der Waals surface area contributed by atoms with Gasteiger partial charge in [-0.25, -0.2) is 4.79 Å². The highest BCUT2D eigenvalue weighted by Crippen LogP contribution is 2.35. The minimum atomic E-state index is -0.898. The molecule has 0 radical (unpaired) electrons. The van der Waals surface area contributed by atoms with Crippen molar-refractivity contribution >= 4 is 17.6 Å². The predicted molar refractivity (Wildman–Crippen MR) is 123 cm³/mol. The van der Waals surface area contributed by atoms with Crippen LogP contribution < -0.4 is 10.6 Å². The van der Waals surface area contributed by atoms with Crippen LogP contribution in [0.3, 0.4) is 0 Å². The predicted octanol–water partition coefficient (Wildman–Crippen LogP) is 3.98. The van der Waals surface area contributed by atoms with Crippen LogP contribution in [0.5, 0.6) is 0 Å². The number of ether oxygens (including phenoxy) is 1. The summed E-state index contributed by atoms with van der Waals surface area (Å²) in [6.45, 7) is 5.57. The second-order valence-electron chi connectivity index (χ2n) is 7.81. The number of nitro benzene ring substituents is 1. The average Bonchev–Trinajstić information content (AvgIpc) is 2.79. The van der Waals surface area contributed by atoms with Crippen molar-refractivity contribution in [3.63, 3.8) is 0 Å². The molecule has 0 saturated heterocycles. The molecule has 2 rings (SSSR count). The standard InChI is InChI=1S/C24H30N4O5/c1-4-7-18-15-20(17-9-11-19(12-10-17)28(31)32)22(21(27-18)8-5-2)23(29)26-16(3)24(30)33-14-6-13-25/h9-12,15-16,20,27H,4-8,14H2,1-3H3,(H,26,29). The number of allylic oxidation sites excluding steroid dienone is 3. The summed E-state index contributed by atoms with van der Waals surface area (Å²) in [6, 6.07) is 7.16. The summed E-state index contributed by atoms with van der Waals surface area (Å²) in [5.74, 6) is -1.45. The molecular weight excluding hydrogens is 424 g/mol. The van der Waals surface area contributed by atoms with E-state index in [9.17, 15) is 19.7 Å². The van der Waals surface area contributed by atoms with Crippen LogP contribution in [-0.2, 0) is 14.3 Å². The molecule has 2 N–H and O–H groups in total. The Morgan fingerprint density at radius 1 is 1.24 bits per heavy atom. The van der Waals surface area contributed by atoms with Gasteiger partial charge in [0.05, 0.1) is 17.4 Å². The lowest BCUT2D eigenvalue weighted by molar-refractivity contribution is -0.384. The van der Waals surface area contributed by atoms with Crippen LogP contribution in [-0.4, -0.2) is 29.4 Å². The number of hydrogen-bond donors (Lipinski definition) is 2. The number of esters is 1. The molecule has 1 heterocycles. The van der Waals surface area contributed by atoms with Crippen molar-refractivity contribution in [3.05, 3.63) is 63.0 Å². The molecule has 1 aromatic carbocycles. The average molecular weight is 455 g/mol. The minimum absolute atomic E-state index is 0.0251. The lowest BCUT2D eigenvalue weighted by Gasteiger charge is -2.29. The van der Waals surface area contributed by atoms with Gasteiger partial charge in [-0.05, 0) is 25.3 Å². The number of nitro groups is 1. The van der Waals surface area contributed by atoms with Crippen LogP contribution in [0.1, 0.15) is 64.4 Å². The van der Waals surface area contributed by atoms with Gasteiger partial charge < -0.3 is 15.4 Å². The summed E-state index contributed by atoms with van der Waals surface area (Å²) in [4.78, 5) is 36.1. The van der Waals surface area contributed by atoms with Crippen molar-refractivity contribution in [2.45, 2.75) is 64.8 Å². The maximum Gasteiger partial charge on any atom is 0.328 e. The van der Waals surface area contributed by atoms with Gasteiger partial charge in [0.2, 0.25) is 0 Å². The Morgan fingerprint density at radius 2 is 1.91 bits per heavy atom. The molecule has 9 heteroatoms. The van der Waals surface area contributed by atoms with Crippen LogP contribution >= 0.6 is 0 Å². The number of amides is 1. The molecule has 0 fully saturated rings. The zero-order valence-corrected chi connectivity index (χ0v) is 19.2. The molecule has 0 aromatic heterocycles. The molecule has 0 bridgehead atoms. The number of carbonyl (C=O) groups is 2. The van der Waals surface area contributed by atoms with E-state index in [1.54, 1.807) is 12.1 Å². The fourth-order valence-corrected chi connectivity index (χ4v) is 3.64. The Balaban J connectivity index is 2.38. The Morgan fingerprint density at radius 3 is 2.48 bits per heavy atom. The number of nitrogens with one attached hydrogen (secondary N) is 2. The Labute approximate surface area is 193 Å². The second kappa shape index (κ2) is 12.4. The third kappa shape index (κ3) is 6.91. The van der Waals surface area contributed by atoms with Gasteiger partial charge in [0.1, 0.15) is 12.6 Å². The highest BCUT2D eigenvalue weighted by molar-refractivity contribution is 5.98. The smallest absolute Gasteiger partial charge is 0.328 e. The quantitative estimate of drug-likeness (QED) is 0.223. The van der Waals surface area contributed by atoms with Gasteiger partial charge in [-0.15, -0.1) is 0 Å². The van der Waals surface area contributed by atoms with Crippen molar-refractivity contribution in [2.24, 2.45) is 0 Å². The van der Waals surface area contributed by atoms with Gasteiger partial charge in [0.15, 0.2) is 0 Å². The number of nitriles is 1. The molecule has 2 unspecified atom stereocenters. The van der Waals surface area contributed by atoms with Gasteiger partial charge >= 0.3 is 5.97 Å². The van der Waals surface area contributed by atoms with Crippen molar-refractivity contribution in [3.8, 4) is 6.07 Å². The zero-order chi connectivity index (χ0) is 24.4. The lowest BCUT2D eigenvalue weighted by Crippen LogP contribution is -2.42. The summed E-state index contributed by atoms with van der Waals surface area (Å²) >= 11 is 0. The fraction of sp³-hybridized carbons (Fsp3) is 0.458. The van der Waals surface area contributed by atoms with Crippen molar-refractivity contribution in [2.75, 3.05) is 6.61 Å². The Bertz CT molecular complexity index is 976. The number of dihydropyridines is 1. The summed E-state index contributed by atoms with van der Waals surface area (Å²) in [6.07, 6.45) is 5.20. The first-order chi connectivity index (χ1) is 15.8. The van der Waals surface area contributed by atoms with Crippen LogP contribution in [0.15, 0.2) is 47.3 Å². The minimum Gasteiger partial charge on any atom is -0.463 e. The van der Waals surface area contributed by atoms with Gasteiger partial charge in [-0.3, -0.25) is 14.9 Å². The number of nitrogens with zero attached hydrogens (tertiary/aromatic N) is 2. The number of rotatable bonds is 11. The molecule has 0 saturated carbocycles. The SMILES string of the molecule is CCCC1=CC(c2ccc([N+](=O)[O-])cc2)C(C(=O)NC(C)C(=O)OCCC#N)=C(CCC)N1. The third-order valence-corrected chi connectivity index (χ3v) is 5.20. The largest absolute Gasteiger partial charge is 0.463 e. The molecule has 1 aliphatic rings. The monoisotopic (exact) mass is 454 g/mol. The zero-order valence-electron chi connectivity index (χ0n) is 19.2. The maximum absolute atomic E-state index is 13.3. The van der Waals surface area contributed by atoms with E-state index in [1.165, 1.54) is 19.1 Å². The maximum atomic E-state index is 13.3. The lowest BCUT2D eigenvalue weighted by atomic mass is 9.84. The van der Waals surface area contributed by atoms with E-state index in [-0.39, 0.29) is 18.7 Å². The molecule has 2 atom stereocenters. The van der Waals surface area contributed by atoms with Gasteiger partial charge in [-0.1, -0.05) is 44.9 Å². The molecule has 1 aromatic rings. The Hall–Kier alpha value is -3.67. The number of hydrogen-bond acceptors (Lipinski definition) is 7. The van der Waals surface area contributed by atoms with E-state index >= 15 is 0 Å². The fourth-order valence-electron chi connectivity index (χ4n) is 3.64. The molecule has 1 aliphatic heterocycles. The molecule has 176 valence electrons. The van der Waals surface area contributed by atoms with E-state index in [4.69, 9.17) is 10.00 Å². The van der Waals surface area contributed by atoms with E-state index in [0.717, 1.165) is 36.2 Å². The molecule has 0 aliphatic carbocycles. The molecule has 33 heavy (non-hydrogen) atoms. The van der Waals surface area contributed by atoms with E-state index in [1.807, 2.05) is 19.1 Å². The van der Waals surface area contributed by atoms with Crippen LogP contribution in [0.2, 0.25) is 0 Å². The van der Waals surface area contributed by atoms with Gasteiger partial charge in [0, 0.05) is 35.0 Å². The first-order valence-corrected chi connectivity index (χ1v) is 11.1. The number of carbonyl (C=O) groups excluding carboxylic acids is 2. The number of benzene rings is 1. The highest BCUT2D eigenvalue weighted by atomic mass is 16.6. The first-order valence-electron chi connectivity index (χ1n) is 11.1. The Kier molecular flexibility index (Phi) is 9.61. The first kappa shape index (κ1) is 25.6. The highest BCUT2D eigenvalue weighted by Gasteiger charge is 2.31. The molecule has 9 nitrogen and oxygen atoms in total. The third-order valence-electron chi connectivity index (χ3n) is 5.20. The summed E-state index contributed by atoms with van der Waals surface area (Å²) < 4.78 is 5.02. The topological polar surface area (TPSA) is 134 Å². The van der Waals surface area contributed by atoms with E-state index in [2.05, 4.69) is 17.6 Å². The van der Waals surface area contributed by atoms with Crippen LogP contribution in [0.4, 0.5) is 5.69 Å². The van der Waals surface area contributed by atoms with Gasteiger partial charge in [0.25, 0.3) is 11.6 Å². The van der Waals surface area contributed by atoms with Crippen molar-refractivity contribution in [1.82, 2.24) is 10.6 Å². The van der Waals surface area contributed by atoms with Crippen LogP contribution in [0, 0.1) is 21.4 Å². The van der Waals surface area contributed by atoms with E-state index < -0.39 is 28.8 Å². The molecule has 1 amide bonds. The normalized spacial score (nSPS) is 16.2. The van der Waals surface area contributed by atoms with Crippen LogP contribution in [0.25, 0.3) is 0 Å². The van der Waals surface area contributed by atoms with Gasteiger partial charge in [-0.2, -0.15) is 5.26 Å². The van der Waals surface area contributed by atoms with Crippen molar-refractivity contribution < 1.29 is 19.2 Å². The summed E-state index contributed by atoms with van der Waals surface area (Å²) in [5.41, 5.74) is 2.96. The summed E-state index contributed by atoms with van der Waals surface area (Å²) in [7, 11) is 0. The summed E-state index contributed by atoms with van der Waals surface area (Å²) in [5, 5.41) is 25.7. The second-order valence-corrected chi connectivity index (χ2v) is 7.81. The molecule has 0 spiro atoms.